The zero-order chi connectivity index (χ0) is 20.9. The average Bonchev–Trinajstić information content (AvgIpc) is 2.61. The molecule has 0 heterocycles. The van der Waals surface area contributed by atoms with Crippen LogP contribution in [0.2, 0.25) is 5.02 Å². The largest absolute Gasteiger partial charge is 0.483 e. The second-order valence-electron chi connectivity index (χ2n) is 6.94. The van der Waals surface area contributed by atoms with Gasteiger partial charge in [-0.05, 0) is 45.1 Å². The van der Waals surface area contributed by atoms with E-state index in [0.29, 0.717) is 11.3 Å². The lowest BCUT2D eigenvalue weighted by atomic mass is 9.87. The highest BCUT2D eigenvalue weighted by Gasteiger charge is 2.15. The predicted octanol–water partition coefficient (Wildman–Crippen LogP) is 4.84. The van der Waals surface area contributed by atoms with Crippen molar-refractivity contribution >= 4 is 45.3 Å². The SMILES string of the molecule is CC(C)(C)c1ccc(OCC(=O)N/N=C\c2cc([N+](=O)[O-])ccc2Cl)c(Br)c1. The van der Waals surface area contributed by atoms with Crippen LogP contribution in [-0.4, -0.2) is 23.7 Å². The van der Waals surface area contributed by atoms with E-state index in [1.54, 1.807) is 6.07 Å². The molecule has 0 aliphatic heterocycles. The van der Waals surface area contributed by atoms with Gasteiger partial charge in [0.25, 0.3) is 11.6 Å². The maximum atomic E-state index is 11.9. The summed E-state index contributed by atoms with van der Waals surface area (Å²) in [6.45, 7) is 6.07. The molecule has 1 N–H and O–H groups in total. The molecular weight excluding hydrogens is 450 g/mol. The van der Waals surface area contributed by atoms with Gasteiger partial charge in [0.2, 0.25) is 0 Å². The van der Waals surface area contributed by atoms with Gasteiger partial charge in [0.1, 0.15) is 5.75 Å². The Labute approximate surface area is 176 Å². The third kappa shape index (κ3) is 6.03. The van der Waals surface area contributed by atoms with Crippen molar-refractivity contribution in [1.29, 1.82) is 0 Å². The molecule has 0 radical (unpaired) electrons. The van der Waals surface area contributed by atoms with E-state index >= 15 is 0 Å². The molecule has 7 nitrogen and oxygen atoms in total. The summed E-state index contributed by atoms with van der Waals surface area (Å²) in [6, 6.07) is 9.64. The molecule has 28 heavy (non-hydrogen) atoms. The summed E-state index contributed by atoms with van der Waals surface area (Å²) in [6.07, 6.45) is 1.24. The molecule has 0 atom stereocenters. The summed E-state index contributed by atoms with van der Waals surface area (Å²) >= 11 is 9.41. The van der Waals surface area contributed by atoms with Gasteiger partial charge in [-0.2, -0.15) is 5.10 Å². The summed E-state index contributed by atoms with van der Waals surface area (Å²) in [5, 5.41) is 14.8. The number of hydrogen-bond acceptors (Lipinski definition) is 5. The highest BCUT2D eigenvalue weighted by molar-refractivity contribution is 9.10. The van der Waals surface area contributed by atoms with Crippen LogP contribution in [0.3, 0.4) is 0 Å². The molecule has 1 amide bonds. The number of amides is 1. The van der Waals surface area contributed by atoms with Gasteiger partial charge in [-0.1, -0.05) is 38.4 Å². The first kappa shape index (κ1) is 21.8. The molecule has 0 unspecified atom stereocenters. The number of non-ortho nitro benzene ring substituents is 1. The molecule has 2 rings (SSSR count). The lowest BCUT2D eigenvalue weighted by Crippen LogP contribution is -2.24. The number of nitrogens with one attached hydrogen (secondary N) is 1. The van der Waals surface area contributed by atoms with Crippen molar-refractivity contribution in [2.45, 2.75) is 26.2 Å². The Hall–Kier alpha value is -2.45. The minimum Gasteiger partial charge on any atom is -0.483 e. The van der Waals surface area contributed by atoms with E-state index in [1.807, 2.05) is 12.1 Å². The fourth-order valence-corrected chi connectivity index (χ4v) is 2.84. The van der Waals surface area contributed by atoms with Gasteiger partial charge in [0.05, 0.1) is 15.6 Å². The molecule has 0 aromatic heterocycles. The number of ether oxygens (including phenoxy) is 1. The molecule has 0 fully saturated rings. The number of carbonyl (C=O) groups is 1. The molecular formula is C19H19BrClN3O4. The van der Waals surface area contributed by atoms with Crippen molar-refractivity contribution in [3.05, 3.63) is 67.1 Å². The molecule has 0 aliphatic rings. The number of nitro benzene ring substituents is 1. The Kier molecular flexibility index (Phi) is 7.15. The first-order valence-corrected chi connectivity index (χ1v) is 9.43. The van der Waals surface area contributed by atoms with E-state index in [2.05, 4.69) is 47.2 Å². The monoisotopic (exact) mass is 467 g/mol. The second-order valence-corrected chi connectivity index (χ2v) is 8.20. The van der Waals surface area contributed by atoms with Crippen LogP contribution in [0.5, 0.6) is 5.75 Å². The number of nitro groups is 1. The summed E-state index contributed by atoms with van der Waals surface area (Å²) in [7, 11) is 0. The average molecular weight is 469 g/mol. The molecule has 0 bridgehead atoms. The smallest absolute Gasteiger partial charge is 0.277 e. The summed E-state index contributed by atoms with van der Waals surface area (Å²) in [5.74, 6) is 0.0541. The fourth-order valence-electron chi connectivity index (χ4n) is 2.18. The number of nitrogens with zero attached hydrogens (tertiary/aromatic N) is 2. The Bertz CT molecular complexity index is 926. The zero-order valence-electron chi connectivity index (χ0n) is 15.5. The van der Waals surface area contributed by atoms with Crippen LogP contribution in [0, 0.1) is 10.1 Å². The van der Waals surface area contributed by atoms with Gasteiger partial charge >= 0.3 is 0 Å². The number of rotatable bonds is 6. The maximum absolute atomic E-state index is 11.9. The van der Waals surface area contributed by atoms with Crippen molar-refractivity contribution in [3.8, 4) is 5.75 Å². The quantitative estimate of drug-likeness (QED) is 0.373. The number of benzene rings is 2. The molecule has 9 heteroatoms. The fraction of sp³-hybridized carbons (Fsp3) is 0.263. The molecule has 2 aromatic rings. The van der Waals surface area contributed by atoms with Crippen molar-refractivity contribution in [1.82, 2.24) is 5.43 Å². The number of hydrogen-bond donors (Lipinski definition) is 1. The van der Waals surface area contributed by atoms with Crippen molar-refractivity contribution in [2.24, 2.45) is 5.10 Å². The Balaban J connectivity index is 1.94. The van der Waals surface area contributed by atoms with Crippen LogP contribution in [-0.2, 0) is 10.2 Å². The van der Waals surface area contributed by atoms with Crippen molar-refractivity contribution < 1.29 is 14.5 Å². The van der Waals surface area contributed by atoms with Crippen LogP contribution in [0.15, 0.2) is 46.0 Å². The lowest BCUT2D eigenvalue weighted by molar-refractivity contribution is -0.384. The highest BCUT2D eigenvalue weighted by atomic mass is 79.9. The lowest BCUT2D eigenvalue weighted by Gasteiger charge is -2.20. The molecule has 0 saturated heterocycles. The van der Waals surface area contributed by atoms with Gasteiger partial charge < -0.3 is 4.74 Å². The van der Waals surface area contributed by atoms with Crippen molar-refractivity contribution in [3.63, 3.8) is 0 Å². The summed E-state index contributed by atoms with van der Waals surface area (Å²) in [4.78, 5) is 22.2. The summed E-state index contributed by atoms with van der Waals surface area (Å²) in [5.41, 5.74) is 3.62. The molecule has 148 valence electrons. The van der Waals surface area contributed by atoms with E-state index < -0.39 is 10.8 Å². The van der Waals surface area contributed by atoms with Gasteiger partial charge in [-0.15, -0.1) is 0 Å². The second kappa shape index (κ2) is 9.16. The van der Waals surface area contributed by atoms with Crippen LogP contribution in [0.25, 0.3) is 0 Å². The number of halogens is 2. The van der Waals surface area contributed by atoms with Gasteiger partial charge in [0.15, 0.2) is 6.61 Å². The minimum atomic E-state index is -0.539. The molecule has 0 saturated carbocycles. The van der Waals surface area contributed by atoms with Gasteiger partial charge in [-0.25, -0.2) is 5.43 Å². The predicted molar refractivity (Wildman–Crippen MR) is 112 cm³/mol. The van der Waals surface area contributed by atoms with Crippen molar-refractivity contribution in [2.75, 3.05) is 6.61 Å². The topological polar surface area (TPSA) is 93.8 Å². The van der Waals surface area contributed by atoms with E-state index in [-0.39, 0.29) is 22.7 Å². The van der Waals surface area contributed by atoms with E-state index in [1.165, 1.54) is 24.4 Å². The first-order chi connectivity index (χ1) is 13.1. The van der Waals surface area contributed by atoms with E-state index in [0.717, 1.165) is 10.0 Å². The maximum Gasteiger partial charge on any atom is 0.277 e. The van der Waals surface area contributed by atoms with Gasteiger partial charge in [-0.3, -0.25) is 14.9 Å². The van der Waals surface area contributed by atoms with Crippen LogP contribution in [0.1, 0.15) is 31.9 Å². The third-order valence-electron chi connectivity index (χ3n) is 3.74. The first-order valence-electron chi connectivity index (χ1n) is 8.26. The number of carbonyl (C=O) groups excluding carboxylic acids is 1. The Morgan fingerprint density at radius 2 is 2.04 bits per heavy atom. The Morgan fingerprint density at radius 1 is 1.32 bits per heavy atom. The molecule has 0 aliphatic carbocycles. The standard InChI is InChI=1S/C19H19BrClN3O4/c1-19(2,3)13-4-7-17(15(20)9-13)28-11-18(25)23-22-10-12-8-14(24(26)27)5-6-16(12)21/h4-10H,11H2,1-3H3,(H,23,25)/b22-10-. The highest BCUT2D eigenvalue weighted by Crippen LogP contribution is 2.31. The summed E-state index contributed by atoms with van der Waals surface area (Å²) < 4.78 is 6.24. The number of hydrazone groups is 1. The van der Waals surface area contributed by atoms with Gasteiger partial charge in [0, 0.05) is 22.7 Å². The zero-order valence-corrected chi connectivity index (χ0v) is 17.9. The van der Waals surface area contributed by atoms with E-state index in [9.17, 15) is 14.9 Å². The Morgan fingerprint density at radius 3 is 2.64 bits per heavy atom. The normalized spacial score (nSPS) is 11.5. The molecule has 0 spiro atoms. The van der Waals surface area contributed by atoms with Crippen LogP contribution >= 0.6 is 27.5 Å². The molecule has 2 aromatic carbocycles. The van der Waals surface area contributed by atoms with Crippen LogP contribution in [0.4, 0.5) is 5.69 Å². The van der Waals surface area contributed by atoms with E-state index in [4.69, 9.17) is 16.3 Å². The van der Waals surface area contributed by atoms with Crippen LogP contribution < -0.4 is 10.2 Å². The third-order valence-corrected chi connectivity index (χ3v) is 4.70. The minimum absolute atomic E-state index is 0.000917.